The van der Waals surface area contributed by atoms with Gasteiger partial charge in [-0.05, 0) is 28.1 Å². The number of nitro benzene ring substituents is 2. The van der Waals surface area contributed by atoms with Crippen molar-refractivity contribution in [2.75, 3.05) is 19.1 Å². The number of methoxy groups -OCH3 is 2. The second-order valence-electron chi connectivity index (χ2n) is 5.13. The van der Waals surface area contributed by atoms with Crippen molar-refractivity contribution in [1.82, 2.24) is 0 Å². The van der Waals surface area contributed by atoms with Gasteiger partial charge in [0.25, 0.3) is 5.69 Å². The lowest BCUT2D eigenvalue weighted by molar-refractivity contribution is -0.393. The van der Waals surface area contributed by atoms with E-state index in [1.54, 1.807) is 0 Å². The lowest BCUT2D eigenvalue weighted by atomic mass is 10.1. The highest BCUT2D eigenvalue weighted by molar-refractivity contribution is 9.10. The zero-order chi connectivity index (χ0) is 21.0. The van der Waals surface area contributed by atoms with Gasteiger partial charge in [0, 0.05) is 12.3 Å². The van der Waals surface area contributed by atoms with Gasteiger partial charge < -0.3 is 14.4 Å². The molecule has 2 rings (SSSR count). The summed E-state index contributed by atoms with van der Waals surface area (Å²) in [6.07, 6.45) is 5.38. The molecule has 0 aromatic heterocycles. The average Bonchev–Trinajstić information content (AvgIpc) is 2.88. The maximum absolute atomic E-state index is 12.4. The van der Waals surface area contributed by atoms with Gasteiger partial charge in [0.15, 0.2) is 0 Å². The van der Waals surface area contributed by atoms with Gasteiger partial charge in [-0.15, -0.1) is 0 Å². The highest BCUT2D eigenvalue weighted by Gasteiger charge is 2.34. The molecule has 1 aromatic rings. The topological polar surface area (TPSA) is 142 Å². The van der Waals surface area contributed by atoms with Crippen LogP contribution in [0, 0.1) is 20.2 Å². The van der Waals surface area contributed by atoms with Gasteiger partial charge in [0.05, 0.1) is 40.2 Å². The summed E-state index contributed by atoms with van der Waals surface area (Å²) in [5, 5.41) is 22.6. The number of non-ortho nitro benzene ring substituents is 1. The Labute approximate surface area is 165 Å². The van der Waals surface area contributed by atoms with E-state index < -0.39 is 33.2 Å². The molecule has 0 atom stereocenters. The third-order valence-corrected chi connectivity index (χ3v) is 4.17. The summed E-state index contributed by atoms with van der Waals surface area (Å²) in [5.41, 5.74) is -2.00. The Balaban J connectivity index is 2.87. The summed E-state index contributed by atoms with van der Waals surface area (Å²) in [5.74, 6) is -1.86. The predicted molar refractivity (Wildman–Crippen MR) is 99.3 cm³/mol. The van der Waals surface area contributed by atoms with Crippen molar-refractivity contribution < 1.29 is 28.9 Å². The summed E-state index contributed by atoms with van der Waals surface area (Å²) in [6, 6.07) is 1.79. The van der Waals surface area contributed by atoms with E-state index in [4.69, 9.17) is 4.74 Å². The van der Waals surface area contributed by atoms with E-state index in [1.165, 1.54) is 24.4 Å². The van der Waals surface area contributed by atoms with Crippen LogP contribution in [0.3, 0.4) is 0 Å². The summed E-state index contributed by atoms with van der Waals surface area (Å²) in [7, 11) is 2.17. The third-order valence-electron chi connectivity index (χ3n) is 3.57. The molecular weight excluding hydrogens is 442 g/mol. The van der Waals surface area contributed by atoms with Gasteiger partial charge >= 0.3 is 17.6 Å². The number of esters is 2. The van der Waals surface area contributed by atoms with Crippen LogP contribution in [0.1, 0.15) is 0 Å². The van der Waals surface area contributed by atoms with Crippen molar-refractivity contribution in [1.29, 1.82) is 0 Å². The van der Waals surface area contributed by atoms with Crippen LogP contribution >= 0.6 is 15.9 Å². The third kappa shape index (κ3) is 3.91. The number of rotatable bonds is 5. The maximum Gasteiger partial charge on any atom is 0.355 e. The Hall–Kier alpha value is -3.54. The molecule has 0 saturated carbocycles. The van der Waals surface area contributed by atoms with E-state index in [2.05, 4.69) is 20.7 Å². The molecular formula is C16H12BrN3O8. The van der Waals surface area contributed by atoms with E-state index in [-0.39, 0.29) is 21.4 Å². The van der Waals surface area contributed by atoms with Crippen LogP contribution in [0.5, 0.6) is 0 Å². The van der Waals surface area contributed by atoms with Gasteiger partial charge in [-0.3, -0.25) is 20.2 Å². The Morgan fingerprint density at radius 2 is 1.68 bits per heavy atom. The molecule has 1 aliphatic rings. The number of ether oxygens (including phenoxy) is 2. The number of anilines is 1. The molecule has 0 amide bonds. The molecule has 1 heterocycles. The lowest BCUT2D eigenvalue weighted by Gasteiger charge is -2.23. The fraction of sp³-hybridized carbons (Fsp3) is 0.125. The minimum Gasteiger partial charge on any atom is -0.465 e. The molecule has 0 aliphatic carbocycles. The minimum absolute atomic E-state index is 0.0504. The molecule has 146 valence electrons. The Morgan fingerprint density at radius 3 is 2.21 bits per heavy atom. The van der Waals surface area contributed by atoms with Gasteiger partial charge in [0.2, 0.25) is 0 Å². The normalized spacial score (nSPS) is 13.2. The van der Waals surface area contributed by atoms with E-state index in [0.29, 0.717) is 0 Å². The standard InChI is InChI=1S/C16H12BrN3O8/c1-27-15(21)10-5-3-4-6-18(13(10)16(22)28-2)14-11(17)7-9(19(23)24)8-12(14)20(25)26/h3-8H,1-2H3. The van der Waals surface area contributed by atoms with Crippen molar-refractivity contribution >= 4 is 44.9 Å². The number of halogens is 1. The molecule has 0 fully saturated rings. The van der Waals surface area contributed by atoms with E-state index in [0.717, 1.165) is 31.3 Å². The summed E-state index contributed by atoms with van der Waals surface area (Å²) in [4.78, 5) is 46.6. The average molecular weight is 454 g/mol. The number of allylic oxidation sites excluding steroid dienone is 2. The van der Waals surface area contributed by atoms with Crippen molar-refractivity contribution in [3.8, 4) is 0 Å². The Morgan fingerprint density at radius 1 is 1.04 bits per heavy atom. The first kappa shape index (κ1) is 20.8. The van der Waals surface area contributed by atoms with Crippen LogP contribution in [0.2, 0.25) is 0 Å². The van der Waals surface area contributed by atoms with E-state index in [1.807, 2.05) is 0 Å². The smallest absolute Gasteiger partial charge is 0.355 e. The molecule has 0 bridgehead atoms. The van der Waals surface area contributed by atoms with Crippen LogP contribution < -0.4 is 4.90 Å². The van der Waals surface area contributed by atoms with Crippen LogP contribution in [-0.4, -0.2) is 36.0 Å². The molecule has 0 saturated heterocycles. The molecule has 0 unspecified atom stereocenters. The Kier molecular flexibility index (Phi) is 6.26. The maximum atomic E-state index is 12.4. The fourth-order valence-electron chi connectivity index (χ4n) is 2.39. The number of nitro groups is 2. The number of benzene rings is 1. The van der Waals surface area contributed by atoms with Crippen molar-refractivity contribution in [2.24, 2.45) is 0 Å². The van der Waals surface area contributed by atoms with Crippen molar-refractivity contribution in [3.63, 3.8) is 0 Å². The highest BCUT2D eigenvalue weighted by atomic mass is 79.9. The lowest BCUT2D eigenvalue weighted by Crippen LogP contribution is -2.27. The molecule has 11 nitrogen and oxygen atoms in total. The molecule has 1 aromatic carbocycles. The summed E-state index contributed by atoms with van der Waals surface area (Å²) >= 11 is 3.07. The van der Waals surface area contributed by atoms with Gasteiger partial charge in [-0.2, -0.15) is 0 Å². The molecule has 12 heteroatoms. The van der Waals surface area contributed by atoms with Crippen LogP contribution in [0.4, 0.5) is 17.1 Å². The Bertz CT molecular complexity index is 967. The number of nitrogens with zero attached hydrogens (tertiary/aromatic N) is 3. The first-order valence-corrected chi connectivity index (χ1v) is 8.19. The molecule has 0 spiro atoms. The summed E-state index contributed by atoms with van der Waals surface area (Å²) < 4.78 is 9.33. The molecule has 1 aliphatic heterocycles. The first-order valence-electron chi connectivity index (χ1n) is 7.40. The zero-order valence-corrected chi connectivity index (χ0v) is 16.0. The largest absolute Gasteiger partial charge is 0.465 e. The highest BCUT2D eigenvalue weighted by Crippen LogP contribution is 2.42. The van der Waals surface area contributed by atoms with E-state index >= 15 is 0 Å². The van der Waals surface area contributed by atoms with Gasteiger partial charge in [-0.25, -0.2) is 9.59 Å². The molecule has 0 radical (unpaired) electrons. The zero-order valence-electron chi connectivity index (χ0n) is 14.4. The van der Waals surface area contributed by atoms with Gasteiger partial charge in [0.1, 0.15) is 11.4 Å². The SMILES string of the molecule is COC(=O)C1=C(C(=O)OC)N(c2c(Br)cc([N+](=O)[O-])cc2[N+](=O)[O-])C=CC=C1. The first-order chi connectivity index (χ1) is 13.2. The number of hydrogen-bond acceptors (Lipinski definition) is 9. The van der Waals surface area contributed by atoms with E-state index in [9.17, 15) is 29.8 Å². The summed E-state index contributed by atoms with van der Waals surface area (Å²) in [6.45, 7) is 0. The molecule has 0 N–H and O–H groups in total. The minimum atomic E-state index is -0.976. The predicted octanol–water partition coefficient (Wildman–Crippen LogP) is 2.76. The number of carbonyl (C=O) groups excluding carboxylic acids is 2. The van der Waals surface area contributed by atoms with Crippen LogP contribution in [0.25, 0.3) is 0 Å². The second kappa shape index (κ2) is 8.43. The van der Waals surface area contributed by atoms with Crippen molar-refractivity contribution in [2.45, 2.75) is 0 Å². The van der Waals surface area contributed by atoms with Crippen LogP contribution in [0.15, 0.2) is 52.3 Å². The molecule has 28 heavy (non-hydrogen) atoms. The monoisotopic (exact) mass is 453 g/mol. The van der Waals surface area contributed by atoms with Crippen molar-refractivity contribution in [3.05, 3.63) is 72.5 Å². The quantitative estimate of drug-likeness (QED) is 0.373. The van der Waals surface area contributed by atoms with Gasteiger partial charge in [-0.1, -0.05) is 6.08 Å². The number of hydrogen-bond donors (Lipinski definition) is 0. The fourth-order valence-corrected chi connectivity index (χ4v) is 3.02. The second-order valence-corrected chi connectivity index (χ2v) is 5.98. The van der Waals surface area contributed by atoms with Crippen LogP contribution in [-0.2, 0) is 19.1 Å². The number of carbonyl (C=O) groups is 2.